The van der Waals surface area contributed by atoms with Gasteiger partial charge in [-0.05, 0) is 26.9 Å². The van der Waals surface area contributed by atoms with Gasteiger partial charge in [0, 0.05) is 73.0 Å². The standard InChI is InChI=1S/C18H34N4O11.C14H32N4O3/c1-4-21(32-17(28)29)7-6-20(11-16(26)27)8-9-22(5-2,33-18(30)31)12-15(25)19(3)10-14(24)13-23;1-4-15-6-7-16-8-9-18(5-2)11-14(21)17(3)10-13(20)12-19/h14,23-24H,4-13H2,1-3H3,(H2-,26,27,28,29,30,31);13,15-16,19-20H,4-12H2,1-3H3/p+1. The Bertz CT molecular complexity index is 1060. The molecule has 2 amide bonds. The van der Waals surface area contributed by atoms with Crippen LogP contribution in [0.4, 0.5) is 9.59 Å². The number of nitrogens with zero attached hydrogens (tertiary/aromatic N) is 6. The van der Waals surface area contributed by atoms with Gasteiger partial charge in [0.15, 0.2) is 6.54 Å². The molecule has 0 spiro atoms. The number of hydrogen-bond acceptors (Lipinski definition) is 16. The first-order chi connectivity index (χ1) is 25.4. The van der Waals surface area contributed by atoms with Crippen molar-refractivity contribution in [1.82, 2.24) is 35.3 Å². The van der Waals surface area contributed by atoms with E-state index in [4.69, 9.17) is 20.2 Å². The van der Waals surface area contributed by atoms with Gasteiger partial charge < -0.3 is 61.0 Å². The lowest BCUT2D eigenvalue weighted by atomic mass is 10.3. The average molecular weight is 788 g/mol. The molecule has 318 valence electrons. The summed E-state index contributed by atoms with van der Waals surface area (Å²) in [6.07, 6.45) is -5.17. The number of hydrogen-bond donors (Lipinski definition) is 9. The molecule has 0 aliphatic rings. The summed E-state index contributed by atoms with van der Waals surface area (Å²) in [4.78, 5) is 73.5. The fourth-order valence-corrected chi connectivity index (χ4v) is 4.77. The summed E-state index contributed by atoms with van der Waals surface area (Å²) in [5, 5.41) is 71.4. The highest BCUT2D eigenvalue weighted by molar-refractivity contribution is 5.78. The summed E-state index contributed by atoms with van der Waals surface area (Å²) < 4.78 is -0.660. The summed E-state index contributed by atoms with van der Waals surface area (Å²) in [7, 11) is 3.02. The van der Waals surface area contributed by atoms with Crippen LogP contribution in [0.5, 0.6) is 0 Å². The zero-order chi connectivity index (χ0) is 41.7. The molecule has 0 aliphatic carbocycles. The second kappa shape index (κ2) is 30.8. The fraction of sp³-hybridized carbons (Fsp3) is 0.844. The number of likely N-dealkylation sites (N-methyl/N-ethyl adjacent to an activating group) is 6. The van der Waals surface area contributed by atoms with E-state index < -0.39 is 60.7 Å². The Morgan fingerprint density at radius 1 is 0.685 bits per heavy atom. The van der Waals surface area contributed by atoms with Crippen LogP contribution in [0.2, 0.25) is 0 Å². The van der Waals surface area contributed by atoms with E-state index in [1.807, 2.05) is 6.92 Å². The lowest BCUT2D eigenvalue weighted by Crippen LogP contribution is -2.58. The van der Waals surface area contributed by atoms with Crippen LogP contribution >= 0.6 is 0 Å². The number of carboxylic acids is 1. The van der Waals surface area contributed by atoms with Crippen molar-refractivity contribution in [2.75, 3.05) is 139 Å². The third kappa shape index (κ3) is 26.3. The minimum Gasteiger partial charge on any atom is -0.480 e. The Hall–Kier alpha value is -3.45. The Morgan fingerprint density at radius 3 is 1.72 bits per heavy atom. The third-order valence-corrected chi connectivity index (χ3v) is 8.06. The van der Waals surface area contributed by atoms with Crippen molar-refractivity contribution in [3.8, 4) is 0 Å². The molecule has 3 atom stereocenters. The monoisotopic (exact) mass is 787 g/mol. The minimum absolute atomic E-state index is 0.00824. The maximum absolute atomic E-state index is 12.6. The molecule has 0 aliphatic heterocycles. The molecule has 54 heavy (non-hydrogen) atoms. The van der Waals surface area contributed by atoms with Gasteiger partial charge in [-0.1, -0.05) is 13.8 Å². The topological polar surface area (TPSA) is 286 Å². The summed E-state index contributed by atoms with van der Waals surface area (Å²) in [5.74, 6) is -1.75. The molecular formula is C32H67N8O14+. The van der Waals surface area contributed by atoms with Crippen LogP contribution in [0.3, 0.4) is 0 Å². The molecule has 0 bridgehead atoms. The first kappa shape index (κ1) is 52.7. The van der Waals surface area contributed by atoms with Gasteiger partial charge >= 0.3 is 18.3 Å². The van der Waals surface area contributed by atoms with Crippen molar-refractivity contribution >= 4 is 30.1 Å². The predicted molar refractivity (Wildman–Crippen MR) is 195 cm³/mol. The smallest absolute Gasteiger partial charge is 0.480 e. The molecule has 0 heterocycles. The maximum atomic E-state index is 12.6. The highest BCUT2D eigenvalue weighted by Gasteiger charge is 2.37. The van der Waals surface area contributed by atoms with Crippen LogP contribution < -0.4 is 10.6 Å². The average Bonchev–Trinajstić information content (AvgIpc) is 3.11. The number of aliphatic hydroxyl groups excluding tert-OH is 4. The number of carbonyl (C=O) groups is 5. The van der Waals surface area contributed by atoms with Crippen molar-refractivity contribution in [3.05, 3.63) is 0 Å². The summed E-state index contributed by atoms with van der Waals surface area (Å²) >= 11 is 0. The summed E-state index contributed by atoms with van der Waals surface area (Å²) in [5.41, 5.74) is 0. The SMILES string of the molecule is CCN(CCN(CC[N+](CC)(CC(=O)N(C)CC(O)CO)OC(=O)O)CC(=O)O)OC(=O)O.CCNCCNCCN(CC)CC(=O)N(C)CC(O)CO. The quantitative estimate of drug-likeness (QED) is 0.0198. The Kier molecular flexibility index (Phi) is 30.1. The van der Waals surface area contributed by atoms with Gasteiger partial charge in [0.2, 0.25) is 5.91 Å². The molecule has 0 aromatic rings. The van der Waals surface area contributed by atoms with Crippen LogP contribution in [0.1, 0.15) is 27.7 Å². The molecule has 9 N–H and O–H groups in total. The molecule has 0 rings (SSSR count). The number of hydroxylamine groups is 5. The second-order valence-corrected chi connectivity index (χ2v) is 12.4. The van der Waals surface area contributed by atoms with Gasteiger partial charge in [-0.3, -0.25) is 24.2 Å². The Balaban J connectivity index is 0. The van der Waals surface area contributed by atoms with E-state index in [0.29, 0.717) is 6.54 Å². The maximum Gasteiger partial charge on any atom is 0.557 e. The lowest BCUT2D eigenvalue weighted by Gasteiger charge is -2.35. The van der Waals surface area contributed by atoms with Crippen molar-refractivity contribution in [2.45, 2.75) is 39.9 Å². The molecule has 0 radical (unpaired) electrons. The number of carboxylic acid groups (broad SMARTS) is 3. The van der Waals surface area contributed by atoms with E-state index in [0.717, 1.165) is 49.2 Å². The van der Waals surface area contributed by atoms with Gasteiger partial charge in [-0.15, -0.1) is 9.71 Å². The molecule has 22 nitrogen and oxygen atoms in total. The van der Waals surface area contributed by atoms with Crippen molar-refractivity contribution in [3.63, 3.8) is 0 Å². The fourth-order valence-electron chi connectivity index (χ4n) is 4.77. The number of aliphatic carboxylic acids is 1. The van der Waals surface area contributed by atoms with E-state index in [-0.39, 0.29) is 64.9 Å². The van der Waals surface area contributed by atoms with Crippen LogP contribution in [-0.4, -0.2) is 246 Å². The summed E-state index contributed by atoms with van der Waals surface area (Å²) in [6.45, 7) is 11.6. The molecule has 0 aromatic carbocycles. The van der Waals surface area contributed by atoms with Crippen LogP contribution in [0, 0.1) is 0 Å². The molecule has 0 saturated heterocycles. The Morgan fingerprint density at radius 2 is 1.26 bits per heavy atom. The zero-order valence-electron chi connectivity index (χ0n) is 32.8. The number of carbonyl (C=O) groups excluding carboxylic acids is 2. The van der Waals surface area contributed by atoms with Gasteiger partial charge in [0.25, 0.3) is 5.91 Å². The summed E-state index contributed by atoms with van der Waals surface area (Å²) in [6, 6.07) is 0. The van der Waals surface area contributed by atoms with Gasteiger partial charge in [0.1, 0.15) is 13.1 Å². The van der Waals surface area contributed by atoms with Crippen LogP contribution in [0.25, 0.3) is 0 Å². The normalized spacial score (nSPS) is 13.4. The first-order valence-electron chi connectivity index (χ1n) is 18.0. The van der Waals surface area contributed by atoms with E-state index in [1.54, 1.807) is 20.9 Å². The zero-order valence-corrected chi connectivity index (χ0v) is 32.8. The van der Waals surface area contributed by atoms with E-state index in [1.165, 1.54) is 16.8 Å². The largest absolute Gasteiger partial charge is 0.557 e. The van der Waals surface area contributed by atoms with Crippen molar-refractivity contribution in [1.29, 1.82) is 0 Å². The van der Waals surface area contributed by atoms with E-state index in [9.17, 15) is 44.4 Å². The Labute approximate surface area is 317 Å². The molecule has 3 unspecified atom stereocenters. The van der Waals surface area contributed by atoms with E-state index >= 15 is 0 Å². The highest BCUT2D eigenvalue weighted by atomic mass is 16.8. The molecule has 0 fully saturated rings. The first-order valence-corrected chi connectivity index (χ1v) is 18.0. The number of amides is 2. The van der Waals surface area contributed by atoms with Gasteiger partial charge in [-0.25, -0.2) is 9.63 Å². The predicted octanol–water partition coefficient (Wildman–Crippen LogP) is -3.12. The van der Waals surface area contributed by atoms with Crippen LogP contribution in [-0.2, 0) is 24.1 Å². The van der Waals surface area contributed by atoms with Gasteiger partial charge in [0.05, 0.1) is 45.1 Å². The van der Waals surface area contributed by atoms with Gasteiger partial charge in [-0.2, -0.15) is 4.79 Å². The number of rotatable bonds is 30. The molecule has 0 aromatic heterocycles. The highest BCUT2D eigenvalue weighted by Crippen LogP contribution is 2.12. The number of quaternary nitrogens is 1. The van der Waals surface area contributed by atoms with Crippen LogP contribution in [0.15, 0.2) is 0 Å². The van der Waals surface area contributed by atoms with Crippen molar-refractivity contribution in [2.24, 2.45) is 0 Å². The molecule has 0 saturated carbocycles. The minimum atomic E-state index is -1.63. The lowest BCUT2D eigenvalue weighted by molar-refractivity contribution is -1.08. The van der Waals surface area contributed by atoms with E-state index in [2.05, 4.69) is 27.3 Å². The number of nitrogens with one attached hydrogen (secondary N) is 2. The number of aliphatic hydroxyl groups is 4. The van der Waals surface area contributed by atoms with Crippen molar-refractivity contribution < 1.29 is 74.0 Å². The molecule has 22 heteroatoms. The third-order valence-electron chi connectivity index (χ3n) is 8.06. The molecular weight excluding hydrogens is 720 g/mol. The second-order valence-electron chi connectivity index (χ2n) is 12.4.